The molecule has 2 heteroatoms. The van der Waals surface area contributed by atoms with E-state index in [0.717, 1.165) is 18.8 Å². The van der Waals surface area contributed by atoms with Gasteiger partial charge in [0.25, 0.3) is 0 Å². The van der Waals surface area contributed by atoms with Crippen molar-refractivity contribution in [1.82, 2.24) is 0 Å². The molecule has 0 aromatic rings. The summed E-state index contributed by atoms with van der Waals surface area (Å²) in [5.41, 5.74) is 9.34. The van der Waals surface area contributed by atoms with Crippen LogP contribution < -0.4 is 0 Å². The number of ether oxygens (including phenoxy) is 2. The van der Waals surface area contributed by atoms with Crippen molar-refractivity contribution in [2.45, 2.75) is 108 Å². The molecule has 0 saturated heterocycles. The molecular weight excluding hydrogens is 428 g/mol. The predicted octanol–water partition coefficient (Wildman–Crippen LogP) is 7.94. The molecule has 186 valence electrons. The van der Waals surface area contributed by atoms with E-state index in [9.17, 15) is 0 Å². The molecule has 0 radical (unpaired) electrons. The largest absolute Gasteiger partial charge is 0.359 e. The molecule has 0 aromatic heterocycles. The van der Waals surface area contributed by atoms with Crippen molar-refractivity contribution in [3.05, 3.63) is 70.9 Å². The minimum absolute atomic E-state index is 0.0748. The van der Waals surface area contributed by atoms with Gasteiger partial charge in [0.2, 0.25) is 0 Å². The molecule has 2 nitrogen and oxygen atoms in total. The van der Waals surface area contributed by atoms with E-state index in [2.05, 4.69) is 58.2 Å². The van der Waals surface area contributed by atoms with E-state index in [1.165, 1.54) is 73.7 Å². The summed E-state index contributed by atoms with van der Waals surface area (Å²) >= 11 is 0. The van der Waals surface area contributed by atoms with Crippen LogP contribution in [0.3, 0.4) is 0 Å². The number of hydrogen-bond donors (Lipinski definition) is 0. The van der Waals surface area contributed by atoms with Crippen molar-refractivity contribution < 1.29 is 9.47 Å². The van der Waals surface area contributed by atoms with Crippen LogP contribution >= 0.6 is 0 Å². The second-order valence-corrected chi connectivity index (χ2v) is 13.5. The maximum absolute atomic E-state index is 6.48. The van der Waals surface area contributed by atoms with Gasteiger partial charge in [0.15, 0.2) is 0 Å². The van der Waals surface area contributed by atoms with Gasteiger partial charge in [-0.15, -0.1) is 0 Å². The van der Waals surface area contributed by atoms with E-state index in [1.54, 1.807) is 11.1 Å². The molecular formula is C33H42O2. The number of rotatable bonds is 0. The first-order valence-electron chi connectivity index (χ1n) is 14.3. The lowest BCUT2D eigenvalue weighted by Crippen LogP contribution is -2.33. The molecule has 7 atom stereocenters. The maximum Gasteiger partial charge on any atom is 0.102 e. The molecule has 0 aromatic carbocycles. The van der Waals surface area contributed by atoms with Crippen LogP contribution in [0.4, 0.5) is 0 Å². The molecule has 2 unspecified atom stereocenters. The zero-order chi connectivity index (χ0) is 24.2. The van der Waals surface area contributed by atoms with Crippen molar-refractivity contribution in [3.63, 3.8) is 0 Å². The van der Waals surface area contributed by atoms with E-state index in [0.29, 0.717) is 17.3 Å². The van der Waals surface area contributed by atoms with Gasteiger partial charge in [-0.3, -0.25) is 0 Å². The van der Waals surface area contributed by atoms with Crippen LogP contribution in [0.25, 0.3) is 0 Å². The van der Waals surface area contributed by atoms with Gasteiger partial charge in [0, 0.05) is 0 Å². The van der Waals surface area contributed by atoms with E-state index in [1.807, 2.05) is 0 Å². The molecule has 4 aliphatic carbocycles. The van der Waals surface area contributed by atoms with Crippen LogP contribution in [0, 0.1) is 23.2 Å². The number of hydrogen-bond acceptors (Lipinski definition) is 2. The highest BCUT2D eigenvalue weighted by molar-refractivity contribution is 5.51. The van der Waals surface area contributed by atoms with Gasteiger partial charge in [-0.05, 0) is 110 Å². The molecule has 8 rings (SSSR count). The van der Waals surface area contributed by atoms with Gasteiger partial charge < -0.3 is 9.47 Å². The summed E-state index contributed by atoms with van der Waals surface area (Å²) < 4.78 is 12.9. The number of allylic oxidation sites excluding steroid dienone is 2. The summed E-state index contributed by atoms with van der Waals surface area (Å²) in [6.07, 6.45) is 22.3. The highest BCUT2D eigenvalue weighted by Crippen LogP contribution is 2.58. The topological polar surface area (TPSA) is 18.5 Å². The summed E-state index contributed by atoms with van der Waals surface area (Å²) in [6, 6.07) is 0. The minimum Gasteiger partial charge on any atom is -0.359 e. The lowest BCUT2D eigenvalue weighted by molar-refractivity contribution is -0.0293. The lowest BCUT2D eigenvalue weighted by atomic mass is 9.76. The van der Waals surface area contributed by atoms with E-state index < -0.39 is 0 Å². The van der Waals surface area contributed by atoms with Crippen LogP contribution in [0.5, 0.6) is 0 Å². The molecule has 2 spiro atoms. The highest BCUT2D eigenvalue weighted by Gasteiger charge is 2.53. The van der Waals surface area contributed by atoms with Crippen molar-refractivity contribution in [2.75, 3.05) is 0 Å². The summed E-state index contributed by atoms with van der Waals surface area (Å²) in [5, 5.41) is 0. The van der Waals surface area contributed by atoms with Gasteiger partial charge in [-0.2, -0.15) is 0 Å². The zero-order valence-corrected chi connectivity index (χ0v) is 22.0. The Kier molecular flexibility index (Phi) is 4.80. The quantitative estimate of drug-likeness (QED) is 0.335. The van der Waals surface area contributed by atoms with Crippen LogP contribution in [-0.2, 0) is 9.47 Å². The summed E-state index contributed by atoms with van der Waals surface area (Å²) in [7, 11) is 0. The van der Waals surface area contributed by atoms with Gasteiger partial charge in [-0.1, -0.05) is 69.4 Å². The first kappa shape index (κ1) is 22.5. The average Bonchev–Trinajstić information content (AvgIpc) is 3.60. The molecule has 4 aliphatic heterocycles. The Hall–Kier alpha value is -1.64. The Morgan fingerprint density at radius 1 is 0.800 bits per heavy atom. The van der Waals surface area contributed by atoms with E-state index in [4.69, 9.17) is 9.47 Å². The standard InChI is InChI=1S/C17H22O.C16H20O/c1-11-10-16(2,3)13-9-12-5-4-7-17(12)8-6-14(18-17)15(11)13;1-10-8-11(2)15-13(10)9-12-4-3-6-16(12)7-5-14(15)17-16/h6,8,12,14H,1,4-5,7,9-10H2,2-3H3;5,7,10,12,14H,2-4,6,8-9H2,1H3/t12-,14?,17-;10-,12-,14?,16-/m00/s1. The molecule has 8 aliphatic rings. The molecule has 2 fully saturated rings. The number of fused-ring (bicyclic) bond motifs is 4. The van der Waals surface area contributed by atoms with Crippen LogP contribution in [0.1, 0.15) is 85.0 Å². The Morgan fingerprint density at radius 2 is 1.40 bits per heavy atom. The summed E-state index contributed by atoms with van der Waals surface area (Å²) in [5.74, 6) is 2.13. The molecule has 4 bridgehead atoms. The van der Waals surface area contributed by atoms with Gasteiger partial charge in [-0.25, -0.2) is 0 Å². The van der Waals surface area contributed by atoms with Gasteiger partial charge in [0.1, 0.15) is 12.2 Å². The van der Waals surface area contributed by atoms with Crippen molar-refractivity contribution >= 4 is 0 Å². The maximum atomic E-state index is 6.48. The summed E-state index contributed by atoms with van der Waals surface area (Å²) in [4.78, 5) is 0. The smallest absolute Gasteiger partial charge is 0.102 e. The van der Waals surface area contributed by atoms with Crippen LogP contribution in [0.15, 0.2) is 70.9 Å². The normalized spacial score (nSPS) is 45.7. The third-order valence-corrected chi connectivity index (χ3v) is 11.0. The molecule has 2 saturated carbocycles. The second-order valence-electron chi connectivity index (χ2n) is 13.5. The lowest BCUT2D eigenvalue weighted by Gasteiger charge is -2.31. The average molecular weight is 471 g/mol. The van der Waals surface area contributed by atoms with Gasteiger partial charge >= 0.3 is 0 Å². The molecule has 35 heavy (non-hydrogen) atoms. The van der Waals surface area contributed by atoms with Crippen LogP contribution in [-0.4, -0.2) is 23.4 Å². The first-order chi connectivity index (χ1) is 16.7. The fourth-order valence-corrected chi connectivity index (χ4v) is 9.26. The van der Waals surface area contributed by atoms with E-state index >= 15 is 0 Å². The Balaban J connectivity index is 0.000000120. The Morgan fingerprint density at radius 3 is 2.06 bits per heavy atom. The van der Waals surface area contributed by atoms with Gasteiger partial charge in [0.05, 0.1) is 11.2 Å². The third-order valence-electron chi connectivity index (χ3n) is 11.0. The molecule has 4 heterocycles. The zero-order valence-electron chi connectivity index (χ0n) is 22.0. The van der Waals surface area contributed by atoms with Crippen LogP contribution in [0.2, 0.25) is 0 Å². The molecule has 0 N–H and O–H groups in total. The third kappa shape index (κ3) is 3.15. The summed E-state index contributed by atoms with van der Waals surface area (Å²) in [6.45, 7) is 15.7. The predicted molar refractivity (Wildman–Crippen MR) is 142 cm³/mol. The second kappa shape index (κ2) is 7.45. The Bertz CT molecular complexity index is 1130. The fraction of sp³-hybridized carbons (Fsp3) is 0.636. The van der Waals surface area contributed by atoms with Crippen molar-refractivity contribution in [2.24, 2.45) is 23.2 Å². The fourth-order valence-electron chi connectivity index (χ4n) is 9.26. The van der Waals surface area contributed by atoms with Crippen molar-refractivity contribution in [3.8, 4) is 0 Å². The minimum atomic E-state index is 0.0748. The Labute approximate surface area is 211 Å². The molecule has 0 amide bonds. The SMILES string of the molecule is C=C1CC(C)(C)C2=C1C1C=C[C@]3(CCC[C@H]3C2)O1.C=C1C[C@H](C)C2=C1C1C=C[C@]3(CCC[C@H]3C2)O1. The highest BCUT2D eigenvalue weighted by atomic mass is 16.5. The monoisotopic (exact) mass is 470 g/mol. The first-order valence-corrected chi connectivity index (χ1v) is 14.3. The van der Waals surface area contributed by atoms with Crippen molar-refractivity contribution in [1.29, 1.82) is 0 Å². The van der Waals surface area contributed by atoms with E-state index in [-0.39, 0.29) is 23.4 Å².